The van der Waals surface area contributed by atoms with E-state index in [2.05, 4.69) is 29.7 Å². The van der Waals surface area contributed by atoms with Crippen molar-refractivity contribution in [3.05, 3.63) is 45.6 Å². The van der Waals surface area contributed by atoms with Crippen LogP contribution in [0.25, 0.3) is 0 Å². The van der Waals surface area contributed by atoms with E-state index in [1.165, 1.54) is 0 Å². The molecule has 0 heterocycles. The van der Waals surface area contributed by atoms with E-state index in [1.54, 1.807) is 23.9 Å². The molecular weight excluding hydrogens is 358 g/mol. The van der Waals surface area contributed by atoms with Gasteiger partial charge in [-0.1, -0.05) is 24.6 Å². The number of nitrogens with zero attached hydrogens (tertiary/aromatic N) is 3. The lowest BCUT2D eigenvalue weighted by Gasteiger charge is -2.13. The highest BCUT2D eigenvalue weighted by Crippen LogP contribution is 2.26. The molecule has 0 amide bonds. The summed E-state index contributed by atoms with van der Waals surface area (Å²) in [5.41, 5.74) is 3.41. The molecule has 25 heavy (non-hydrogen) atoms. The van der Waals surface area contributed by atoms with Gasteiger partial charge < -0.3 is 5.11 Å². The number of carbonyl (C=O) groups is 1. The monoisotopic (exact) mass is 379 g/mol. The number of allylic oxidation sites excluding steroid dienone is 1. The molecule has 0 aliphatic heterocycles. The summed E-state index contributed by atoms with van der Waals surface area (Å²) < 4.78 is 0. The van der Waals surface area contributed by atoms with Crippen molar-refractivity contribution in [2.45, 2.75) is 27.2 Å². The number of halogens is 1. The van der Waals surface area contributed by atoms with Gasteiger partial charge in [0, 0.05) is 29.3 Å². The molecular formula is C18H22ClN3O2S. The van der Waals surface area contributed by atoms with Gasteiger partial charge in [0.25, 0.3) is 6.47 Å². The highest BCUT2D eigenvalue weighted by molar-refractivity contribution is 8.14. The second-order valence-corrected chi connectivity index (χ2v) is 6.29. The molecule has 5 nitrogen and oxygen atoms in total. The quantitative estimate of drug-likeness (QED) is 0.444. The van der Waals surface area contributed by atoms with Crippen LogP contribution in [0, 0.1) is 11.3 Å². The minimum Gasteiger partial charge on any atom is -0.483 e. The Balaban J connectivity index is 0.00000178. The van der Waals surface area contributed by atoms with Crippen LogP contribution < -0.4 is 0 Å². The molecule has 134 valence electrons. The van der Waals surface area contributed by atoms with Gasteiger partial charge in [-0.2, -0.15) is 5.26 Å². The largest absolute Gasteiger partial charge is 0.483 e. The van der Waals surface area contributed by atoms with E-state index in [0.717, 1.165) is 34.2 Å². The Morgan fingerprint density at radius 1 is 1.48 bits per heavy atom. The van der Waals surface area contributed by atoms with E-state index in [9.17, 15) is 0 Å². The zero-order valence-corrected chi connectivity index (χ0v) is 16.2. The van der Waals surface area contributed by atoms with E-state index in [1.807, 2.05) is 19.9 Å². The fourth-order valence-electron chi connectivity index (χ4n) is 1.91. The highest BCUT2D eigenvalue weighted by Gasteiger charge is 2.14. The average molecular weight is 380 g/mol. The number of hydrogen-bond donors (Lipinski definition) is 1. The van der Waals surface area contributed by atoms with Crippen molar-refractivity contribution >= 4 is 41.6 Å². The summed E-state index contributed by atoms with van der Waals surface area (Å²) in [5, 5.41) is 17.4. The van der Waals surface area contributed by atoms with Gasteiger partial charge >= 0.3 is 0 Å². The van der Waals surface area contributed by atoms with Gasteiger partial charge in [0.15, 0.2) is 0 Å². The smallest absolute Gasteiger partial charge is 0.290 e. The zero-order valence-electron chi connectivity index (χ0n) is 14.6. The number of rotatable bonds is 6. The van der Waals surface area contributed by atoms with Crippen molar-refractivity contribution in [2.75, 3.05) is 12.3 Å². The first-order valence-corrected chi connectivity index (χ1v) is 8.95. The van der Waals surface area contributed by atoms with Crippen LogP contribution in [0.2, 0.25) is 5.02 Å². The van der Waals surface area contributed by atoms with Crippen LogP contribution in [0.1, 0.15) is 31.9 Å². The maximum absolute atomic E-state index is 8.93. The summed E-state index contributed by atoms with van der Waals surface area (Å²) in [6, 6.07) is 7.45. The third kappa shape index (κ3) is 8.01. The molecule has 1 aromatic carbocycles. The first-order valence-electron chi connectivity index (χ1n) is 7.59. The summed E-state index contributed by atoms with van der Waals surface area (Å²) in [6.45, 7) is 10.1. The molecule has 1 rings (SSSR count). The second-order valence-electron chi connectivity index (χ2n) is 4.63. The highest BCUT2D eigenvalue weighted by atomic mass is 35.5. The molecule has 0 aromatic heterocycles. The Morgan fingerprint density at radius 2 is 2.12 bits per heavy atom. The number of nitriles is 1. The van der Waals surface area contributed by atoms with Gasteiger partial charge in [-0.15, -0.1) is 11.8 Å². The normalized spacial score (nSPS) is 11.6. The molecule has 0 aliphatic carbocycles. The maximum atomic E-state index is 8.93. The first kappa shape index (κ1) is 22.9. The van der Waals surface area contributed by atoms with Gasteiger partial charge in [-0.25, -0.2) is 0 Å². The Morgan fingerprint density at radius 3 is 2.56 bits per heavy atom. The van der Waals surface area contributed by atoms with E-state index in [0.29, 0.717) is 17.0 Å². The Hall–Kier alpha value is -2.10. The Bertz CT molecular complexity index is 694. The van der Waals surface area contributed by atoms with E-state index in [-0.39, 0.29) is 6.47 Å². The SMILES string of the molecule is C=N/C(C)=C(/Cc1ccc(C#N)cc1Cl)C(=NCC)SCC.O=CO. The van der Waals surface area contributed by atoms with Gasteiger partial charge in [-0.05, 0) is 44.0 Å². The van der Waals surface area contributed by atoms with Crippen molar-refractivity contribution in [3.8, 4) is 6.07 Å². The molecule has 0 fully saturated rings. The zero-order chi connectivity index (χ0) is 19.2. The fraction of sp³-hybridized carbons (Fsp3) is 0.333. The number of carboxylic acid groups (broad SMARTS) is 1. The minimum absolute atomic E-state index is 0.250. The van der Waals surface area contributed by atoms with Crippen molar-refractivity contribution in [2.24, 2.45) is 9.98 Å². The molecule has 0 saturated carbocycles. The number of benzene rings is 1. The third-order valence-electron chi connectivity index (χ3n) is 3.06. The van der Waals surface area contributed by atoms with Crippen molar-refractivity contribution in [1.82, 2.24) is 0 Å². The molecule has 0 spiro atoms. The van der Waals surface area contributed by atoms with Crippen LogP contribution in [0.5, 0.6) is 0 Å². The predicted octanol–water partition coefficient (Wildman–Crippen LogP) is 4.60. The lowest BCUT2D eigenvalue weighted by Crippen LogP contribution is -2.06. The van der Waals surface area contributed by atoms with Crippen LogP contribution in [0.15, 0.2) is 39.5 Å². The molecule has 1 N–H and O–H groups in total. The third-order valence-corrected chi connectivity index (χ3v) is 4.35. The lowest BCUT2D eigenvalue weighted by molar-refractivity contribution is -0.122. The molecule has 0 radical (unpaired) electrons. The van der Waals surface area contributed by atoms with Crippen LogP contribution in [0.4, 0.5) is 0 Å². The van der Waals surface area contributed by atoms with Crippen molar-refractivity contribution < 1.29 is 9.90 Å². The van der Waals surface area contributed by atoms with Gasteiger partial charge in [0.1, 0.15) is 0 Å². The van der Waals surface area contributed by atoms with E-state index in [4.69, 9.17) is 26.8 Å². The summed E-state index contributed by atoms with van der Waals surface area (Å²) in [7, 11) is 0. The number of hydrogen-bond acceptors (Lipinski definition) is 5. The number of thioether (sulfide) groups is 1. The van der Waals surface area contributed by atoms with Gasteiger partial charge in [-0.3, -0.25) is 14.8 Å². The molecule has 0 aliphatic rings. The lowest BCUT2D eigenvalue weighted by atomic mass is 10.0. The molecule has 0 bridgehead atoms. The fourth-order valence-corrected chi connectivity index (χ4v) is 3.05. The summed E-state index contributed by atoms with van der Waals surface area (Å²) in [6.07, 6.45) is 0.626. The van der Waals surface area contributed by atoms with E-state index >= 15 is 0 Å². The molecule has 0 unspecified atom stereocenters. The summed E-state index contributed by atoms with van der Waals surface area (Å²) in [5.74, 6) is 0.938. The molecule has 0 saturated heterocycles. The van der Waals surface area contributed by atoms with Crippen molar-refractivity contribution in [1.29, 1.82) is 5.26 Å². The Kier molecular flexibility index (Phi) is 12.1. The van der Waals surface area contributed by atoms with Crippen LogP contribution in [-0.2, 0) is 11.2 Å². The van der Waals surface area contributed by atoms with Crippen LogP contribution in [0.3, 0.4) is 0 Å². The van der Waals surface area contributed by atoms with Gasteiger partial charge in [0.2, 0.25) is 0 Å². The minimum atomic E-state index is -0.250. The van der Waals surface area contributed by atoms with Crippen LogP contribution in [-0.4, -0.2) is 35.6 Å². The molecule has 7 heteroatoms. The molecule has 0 atom stereocenters. The van der Waals surface area contributed by atoms with Crippen molar-refractivity contribution in [3.63, 3.8) is 0 Å². The summed E-state index contributed by atoms with van der Waals surface area (Å²) in [4.78, 5) is 17.0. The molecule has 1 aromatic rings. The maximum Gasteiger partial charge on any atom is 0.290 e. The number of aliphatic imine (C=N–C) groups is 2. The Labute approximate surface area is 158 Å². The van der Waals surface area contributed by atoms with Gasteiger partial charge in [0.05, 0.1) is 16.7 Å². The first-order chi connectivity index (χ1) is 12.0. The average Bonchev–Trinajstić information content (AvgIpc) is 2.60. The second kappa shape index (κ2) is 13.2. The standard InChI is InChI=1S/C17H20ClN3S.CH2O2/c1-5-21-17(22-6-2)15(12(3)20-4)10-14-8-7-13(11-19)9-16(14)18;2-1-3/h7-9H,4-6,10H2,1-3H3;1H,(H,2,3)/b15-12-,21-17?;. The summed E-state index contributed by atoms with van der Waals surface area (Å²) >= 11 is 7.99. The van der Waals surface area contributed by atoms with E-state index < -0.39 is 0 Å². The van der Waals surface area contributed by atoms with Crippen LogP contribution >= 0.6 is 23.4 Å². The predicted molar refractivity (Wildman–Crippen MR) is 107 cm³/mol. The topological polar surface area (TPSA) is 85.8 Å².